The number of ether oxygens (including phenoxy) is 1. The van der Waals surface area contributed by atoms with Crippen LogP contribution in [0.3, 0.4) is 0 Å². The molecule has 16 heavy (non-hydrogen) atoms. The van der Waals surface area contributed by atoms with Gasteiger partial charge in [-0.25, -0.2) is 9.50 Å². The summed E-state index contributed by atoms with van der Waals surface area (Å²) in [5, 5.41) is 4.52. The second-order valence-electron chi connectivity index (χ2n) is 3.90. The van der Waals surface area contributed by atoms with Crippen molar-refractivity contribution in [3.8, 4) is 5.75 Å². The number of pyridine rings is 1. The average molecular weight is 235 g/mol. The second-order valence-corrected chi connectivity index (χ2v) is 5.05. The maximum atomic E-state index is 5.16. The SMILES string of the molecule is COc1ccc2nc(C3CCSC3)nn2c1. The summed E-state index contributed by atoms with van der Waals surface area (Å²) in [5.41, 5.74) is 0.896. The summed E-state index contributed by atoms with van der Waals surface area (Å²) < 4.78 is 6.97. The van der Waals surface area contributed by atoms with Gasteiger partial charge in [0.15, 0.2) is 11.5 Å². The predicted octanol–water partition coefficient (Wildman–Crippen LogP) is 1.96. The van der Waals surface area contributed by atoms with E-state index in [1.54, 1.807) is 11.6 Å². The van der Waals surface area contributed by atoms with E-state index in [0.29, 0.717) is 5.92 Å². The molecule has 2 aromatic heterocycles. The van der Waals surface area contributed by atoms with Crippen LogP contribution in [0.25, 0.3) is 5.65 Å². The number of aromatic nitrogens is 3. The van der Waals surface area contributed by atoms with Gasteiger partial charge in [-0.2, -0.15) is 16.9 Å². The minimum absolute atomic E-state index is 0.524. The van der Waals surface area contributed by atoms with Crippen LogP contribution in [-0.2, 0) is 0 Å². The first kappa shape index (κ1) is 9.96. The molecule has 0 N–H and O–H groups in total. The number of nitrogens with zero attached hydrogens (tertiary/aromatic N) is 3. The fourth-order valence-corrected chi connectivity index (χ4v) is 3.13. The Morgan fingerprint density at radius 3 is 3.19 bits per heavy atom. The van der Waals surface area contributed by atoms with Crippen LogP contribution >= 0.6 is 11.8 Å². The zero-order chi connectivity index (χ0) is 11.0. The molecule has 1 fully saturated rings. The molecular formula is C11H13N3OS. The van der Waals surface area contributed by atoms with E-state index in [1.165, 1.54) is 12.2 Å². The second kappa shape index (κ2) is 3.97. The Labute approximate surface area is 98.0 Å². The average Bonchev–Trinajstić information content (AvgIpc) is 2.96. The quantitative estimate of drug-likeness (QED) is 0.797. The Bertz CT molecular complexity index is 505. The van der Waals surface area contributed by atoms with Crippen molar-refractivity contribution < 1.29 is 4.74 Å². The fourth-order valence-electron chi connectivity index (χ4n) is 1.91. The molecule has 5 heteroatoms. The highest BCUT2D eigenvalue weighted by molar-refractivity contribution is 7.99. The first-order valence-electron chi connectivity index (χ1n) is 5.35. The van der Waals surface area contributed by atoms with Crippen molar-refractivity contribution in [2.75, 3.05) is 18.6 Å². The number of thioether (sulfide) groups is 1. The van der Waals surface area contributed by atoms with Crippen molar-refractivity contribution in [3.05, 3.63) is 24.2 Å². The van der Waals surface area contributed by atoms with Crippen LogP contribution in [0.4, 0.5) is 0 Å². The van der Waals surface area contributed by atoms with Crippen LogP contribution < -0.4 is 4.74 Å². The van der Waals surface area contributed by atoms with E-state index in [-0.39, 0.29) is 0 Å². The third kappa shape index (κ3) is 1.65. The molecule has 3 rings (SSSR count). The maximum absolute atomic E-state index is 5.16. The molecule has 1 saturated heterocycles. The number of methoxy groups -OCH3 is 1. The summed E-state index contributed by atoms with van der Waals surface area (Å²) in [5.74, 6) is 4.68. The minimum atomic E-state index is 0.524. The van der Waals surface area contributed by atoms with E-state index in [4.69, 9.17) is 4.74 Å². The molecule has 0 aliphatic carbocycles. The maximum Gasteiger partial charge on any atom is 0.155 e. The van der Waals surface area contributed by atoms with E-state index in [9.17, 15) is 0 Å². The van der Waals surface area contributed by atoms with E-state index in [0.717, 1.165) is 23.0 Å². The van der Waals surface area contributed by atoms with Gasteiger partial charge in [-0.05, 0) is 24.3 Å². The molecule has 0 bridgehead atoms. The van der Waals surface area contributed by atoms with Gasteiger partial charge in [0.05, 0.1) is 13.3 Å². The van der Waals surface area contributed by atoms with Crippen molar-refractivity contribution in [2.45, 2.75) is 12.3 Å². The van der Waals surface area contributed by atoms with Gasteiger partial charge in [0.25, 0.3) is 0 Å². The van der Waals surface area contributed by atoms with Gasteiger partial charge in [0.2, 0.25) is 0 Å². The van der Waals surface area contributed by atoms with Crippen LogP contribution in [-0.4, -0.2) is 33.2 Å². The highest BCUT2D eigenvalue weighted by atomic mass is 32.2. The largest absolute Gasteiger partial charge is 0.495 e. The molecule has 1 atom stereocenters. The van der Waals surface area contributed by atoms with E-state index in [1.807, 2.05) is 30.1 Å². The van der Waals surface area contributed by atoms with Gasteiger partial charge < -0.3 is 4.74 Å². The first-order chi connectivity index (χ1) is 7.86. The predicted molar refractivity (Wildman–Crippen MR) is 64.2 cm³/mol. The Kier molecular flexibility index (Phi) is 2.47. The summed E-state index contributed by atoms with van der Waals surface area (Å²) >= 11 is 1.98. The summed E-state index contributed by atoms with van der Waals surface area (Å²) in [7, 11) is 1.66. The molecule has 0 amide bonds. The summed E-state index contributed by atoms with van der Waals surface area (Å²) in [6.07, 6.45) is 3.06. The molecule has 0 radical (unpaired) electrons. The molecule has 3 heterocycles. The fraction of sp³-hybridized carbons (Fsp3) is 0.455. The monoisotopic (exact) mass is 235 g/mol. The van der Waals surface area contributed by atoms with Crippen molar-refractivity contribution in [1.29, 1.82) is 0 Å². The third-order valence-corrected chi connectivity index (χ3v) is 4.01. The Morgan fingerprint density at radius 1 is 1.50 bits per heavy atom. The number of hydrogen-bond acceptors (Lipinski definition) is 4. The summed E-state index contributed by atoms with van der Waals surface area (Å²) in [6, 6.07) is 3.86. The molecule has 4 nitrogen and oxygen atoms in total. The summed E-state index contributed by atoms with van der Waals surface area (Å²) in [4.78, 5) is 4.55. The number of fused-ring (bicyclic) bond motifs is 1. The lowest BCUT2D eigenvalue weighted by Gasteiger charge is -1.99. The van der Waals surface area contributed by atoms with E-state index in [2.05, 4.69) is 10.1 Å². The van der Waals surface area contributed by atoms with Crippen molar-refractivity contribution >= 4 is 17.4 Å². The van der Waals surface area contributed by atoms with E-state index < -0.39 is 0 Å². The van der Waals surface area contributed by atoms with E-state index >= 15 is 0 Å². The molecule has 2 aromatic rings. The molecule has 84 valence electrons. The van der Waals surface area contributed by atoms with Gasteiger partial charge in [0, 0.05) is 11.7 Å². The van der Waals surface area contributed by atoms with Gasteiger partial charge >= 0.3 is 0 Å². The van der Waals surface area contributed by atoms with Gasteiger partial charge in [-0.1, -0.05) is 0 Å². The van der Waals surface area contributed by atoms with Crippen molar-refractivity contribution in [1.82, 2.24) is 14.6 Å². The normalized spacial score (nSPS) is 20.4. The molecule has 0 saturated carbocycles. The van der Waals surface area contributed by atoms with Crippen LogP contribution in [0.1, 0.15) is 18.2 Å². The van der Waals surface area contributed by atoms with Gasteiger partial charge in [0.1, 0.15) is 5.75 Å². The highest BCUT2D eigenvalue weighted by Crippen LogP contribution is 2.30. The smallest absolute Gasteiger partial charge is 0.155 e. The van der Waals surface area contributed by atoms with Crippen LogP contribution in [0.5, 0.6) is 5.75 Å². The number of rotatable bonds is 2. The first-order valence-corrected chi connectivity index (χ1v) is 6.50. The zero-order valence-corrected chi connectivity index (χ0v) is 9.91. The minimum Gasteiger partial charge on any atom is -0.495 e. The lowest BCUT2D eigenvalue weighted by molar-refractivity contribution is 0.411. The molecule has 0 aromatic carbocycles. The zero-order valence-electron chi connectivity index (χ0n) is 9.09. The van der Waals surface area contributed by atoms with Crippen molar-refractivity contribution in [2.24, 2.45) is 0 Å². The molecule has 0 spiro atoms. The molecule has 1 aliphatic heterocycles. The Morgan fingerprint density at radius 2 is 2.44 bits per heavy atom. The lowest BCUT2D eigenvalue weighted by Crippen LogP contribution is -1.99. The van der Waals surface area contributed by atoms with Crippen LogP contribution in [0.2, 0.25) is 0 Å². The Hall–Kier alpha value is -1.23. The molecule has 1 unspecified atom stereocenters. The highest BCUT2D eigenvalue weighted by Gasteiger charge is 2.21. The Balaban J connectivity index is 2.01. The summed E-state index contributed by atoms with van der Waals surface area (Å²) in [6.45, 7) is 0. The topological polar surface area (TPSA) is 39.4 Å². The molecular weight excluding hydrogens is 222 g/mol. The third-order valence-electron chi connectivity index (χ3n) is 2.85. The van der Waals surface area contributed by atoms with Crippen LogP contribution in [0, 0.1) is 0 Å². The van der Waals surface area contributed by atoms with Gasteiger partial charge in [-0.3, -0.25) is 0 Å². The lowest BCUT2D eigenvalue weighted by atomic mass is 10.1. The van der Waals surface area contributed by atoms with Gasteiger partial charge in [-0.15, -0.1) is 0 Å². The number of hydrogen-bond donors (Lipinski definition) is 0. The van der Waals surface area contributed by atoms with Crippen LogP contribution in [0.15, 0.2) is 18.3 Å². The van der Waals surface area contributed by atoms with Crippen molar-refractivity contribution in [3.63, 3.8) is 0 Å². The standard InChI is InChI=1S/C11H13N3OS/c1-15-9-2-3-10-12-11(13-14(10)6-9)8-4-5-16-7-8/h2-3,6,8H,4-5,7H2,1H3. The molecule has 1 aliphatic rings.